The van der Waals surface area contributed by atoms with Crippen LogP contribution in [0.25, 0.3) is 0 Å². The van der Waals surface area contributed by atoms with Gasteiger partial charge >= 0.3 is 12.0 Å². The van der Waals surface area contributed by atoms with Crippen molar-refractivity contribution in [1.29, 1.82) is 0 Å². The minimum absolute atomic E-state index is 0.121. The number of amides is 2. The maximum absolute atomic E-state index is 11.8. The van der Waals surface area contributed by atoms with Crippen LogP contribution in [0.5, 0.6) is 0 Å². The van der Waals surface area contributed by atoms with Crippen LogP contribution < -0.4 is 15.4 Å². The fourth-order valence-electron chi connectivity index (χ4n) is 1.73. The third-order valence-electron chi connectivity index (χ3n) is 3.07. The fourth-order valence-corrected chi connectivity index (χ4v) is 2.24. The van der Waals surface area contributed by atoms with E-state index < -0.39 is 22.0 Å². The zero-order valence-corrected chi connectivity index (χ0v) is 13.8. The normalized spacial score (nSPS) is 12.4. The highest BCUT2D eigenvalue weighted by atomic mass is 32.2. The number of urea groups is 1. The number of hydrogen-bond acceptors (Lipinski definition) is 4. The maximum atomic E-state index is 11.8. The maximum Gasteiger partial charge on any atom is 0.335 e. The molecule has 0 aromatic heterocycles. The van der Waals surface area contributed by atoms with Crippen molar-refractivity contribution in [1.82, 2.24) is 15.4 Å². The Balaban J connectivity index is 2.44. The van der Waals surface area contributed by atoms with Crippen LogP contribution in [0, 0.1) is 0 Å². The van der Waals surface area contributed by atoms with Crippen molar-refractivity contribution in [2.75, 3.05) is 12.8 Å². The van der Waals surface area contributed by atoms with E-state index in [0.717, 1.165) is 11.8 Å². The third kappa shape index (κ3) is 7.61. The SMILES string of the molecule is CCC(CNS(C)(=O)=O)NC(=O)NCc1ccc(C(=O)O)cc1. The second-order valence-corrected chi connectivity index (χ2v) is 6.89. The molecule has 1 rings (SSSR count). The number of sulfonamides is 1. The van der Waals surface area contributed by atoms with Crippen LogP contribution >= 0.6 is 0 Å². The fraction of sp³-hybridized carbons (Fsp3) is 0.429. The molecule has 0 radical (unpaired) electrons. The number of benzene rings is 1. The van der Waals surface area contributed by atoms with Crippen LogP contribution in [0.2, 0.25) is 0 Å². The van der Waals surface area contributed by atoms with E-state index >= 15 is 0 Å². The lowest BCUT2D eigenvalue weighted by Crippen LogP contribution is -2.46. The Labute approximate surface area is 135 Å². The lowest BCUT2D eigenvalue weighted by Gasteiger charge is -2.17. The molecular formula is C14H21N3O5S. The topological polar surface area (TPSA) is 125 Å². The molecular weight excluding hydrogens is 322 g/mol. The number of carboxylic acid groups (broad SMARTS) is 1. The summed E-state index contributed by atoms with van der Waals surface area (Å²) in [6, 6.07) is 5.41. The van der Waals surface area contributed by atoms with Crippen molar-refractivity contribution in [3.05, 3.63) is 35.4 Å². The molecule has 0 aliphatic rings. The summed E-state index contributed by atoms with van der Waals surface area (Å²) in [5, 5.41) is 14.1. The Morgan fingerprint density at radius 1 is 1.22 bits per heavy atom. The van der Waals surface area contributed by atoms with Gasteiger partial charge in [-0.05, 0) is 24.1 Å². The molecule has 1 aromatic carbocycles. The zero-order valence-electron chi connectivity index (χ0n) is 13.0. The van der Waals surface area contributed by atoms with E-state index in [2.05, 4.69) is 15.4 Å². The molecule has 0 spiro atoms. The molecule has 1 aromatic rings. The van der Waals surface area contributed by atoms with Gasteiger partial charge in [-0.15, -0.1) is 0 Å². The molecule has 128 valence electrons. The summed E-state index contributed by atoms with van der Waals surface area (Å²) in [7, 11) is -3.30. The van der Waals surface area contributed by atoms with Gasteiger partial charge in [0.15, 0.2) is 0 Å². The van der Waals surface area contributed by atoms with Gasteiger partial charge in [-0.1, -0.05) is 19.1 Å². The van der Waals surface area contributed by atoms with E-state index in [1.807, 2.05) is 6.92 Å². The minimum atomic E-state index is -3.30. The highest BCUT2D eigenvalue weighted by Gasteiger charge is 2.12. The minimum Gasteiger partial charge on any atom is -0.478 e. The van der Waals surface area contributed by atoms with Crippen molar-refractivity contribution in [3.8, 4) is 0 Å². The summed E-state index contributed by atoms with van der Waals surface area (Å²) in [5.41, 5.74) is 0.934. The van der Waals surface area contributed by atoms with E-state index in [0.29, 0.717) is 6.42 Å². The van der Waals surface area contributed by atoms with Gasteiger partial charge in [0.1, 0.15) is 0 Å². The zero-order chi connectivity index (χ0) is 17.5. The molecule has 1 unspecified atom stereocenters. The Bertz CT molecular complexity index is 643. The summed E-state index contributed by atoms with van der Waals surface area (Å²) in [6.45, 7) is 2.19. The molecule has 0 aliphatic carbocycles. The molecule has 2 amide bonds. The van der Waals surface area contributed by atoms with Gasteiger partial charge in [-0.25, -0.2) is 22.7 Å². The molecule has 1 atom stereocenters. The van der Waals surface area contributed by atoms with Gasteiger partial charge in [-0.3, -0.25) is 0 Å². The molecule has 0 bridgehead atoms. The number of carboxylic acids is 1. The molecule has 0 saturated heterocycles. The molecule has 9 heteroatoms. The number of hydrogen-bond donors (Lipinski definition) is 4. The van der Waals surface area contributed by atoms with Crippen LogP contribution in [0.4, 0.5) is 4.79 Å². The molecule has 4 N–H and O–H groups in total. The van der Waals surface area contributed by atoms with Gasteiger partial charge in [0, 0.05) is 19.1 Å². The van der Waals surface area contributed by atoms with Gasteiger partial charge in [-0.2, -0.15) is 0 Å². The second kappa shape index (κ2) is 8.49. The van der Waals surface area contributed by atoms with E-state index in [4.69, 9.17) is 5.11 Å². The van der Waals surface area contributed by atoms with Crippen LogP contribution in [0.1, 0.15) is 29.3 Å². The lowest BCUT2D eigenvalue weighted by atomic mass is 10.1. The number of carbonyl (C=O) groups is 2. The standard InChI is InChI=1S/C14H21N3O5S/c1-3-12(9-16-23(2,21)22)17-14(20)15-8-10-4-6-11(7-5-10)13(18)19/h4-7,12,16H,3,8-9H2,1-2H3,(H,18,19)(H2,15,17,20). The molecule has 0 saturated carbocycles. The van der Waals surface area contributed by atoms with Crippen LogP contribution in [0.3, 0.4) is 0 Å². The third-order valence-corrected chi connectivity index (χ3v) is 3.76. The highest BCUT2D eigenvalue weighted by molar-refractivity contribution is 7.88. The van der Waals surface area contributed by atoms with Gasteiger partial charge in [0.25, 0.3) is 0 Å². The first kappa shape index (κ1) is 18.9. The van der Waals surface area contributed by atoms with Crippen molar-refractivity contribution >= 4 is 22.0 Å². The van der Waals surface area contributed by atoms with Gasteiger partial charge in [0.05, 0.1) is 11.8 Å². The summed E-state index contributed by atoms with van der Waals surface area (Å²) in [5.74, 6) is -1.01. The Morgan fingerprint density at radius 3 is 2.30 bits per heavy atom. The summed E-state index contributed by atoms with van der Waals surface area (Å²) in [4.78, 5) is 22.5. The predicted molar refractivity (Wildman–Crippen MR) is 85.7 cm³/mol. The highest BCUT2D eigenvalue weighted by Crippen LogP contribution is 2.04. The van der Waals surface area contributed by atoms with Gasteiger partial charge < -0.3 is 15.7 Å². The Morgan fingerprint density at radius 2 is 1.83 bits per heavy atom. The number of rotatable bonds is 8. The summed E-state index contributed by atoms with van der Waals surface area (Å²) in [6.07, 6.45) is 1.63. The first-order valence-corrected chi connectivity index (χ1v) is 8.91. The van der Waals surface area contributed by atoms with E-state index in [1.54, 1.807) is 12.1 Å². The number of carbonyl (C=O) groups excluding carboxylic acids is 1. The largest absolute Gasteiger partial charge is 0.478 e. The van der Waals surface area contributed by atoms with Crippen molar-refractivity contribution in [2.45, 2.75) is 25.9 Å². The van der Waals surface area contributed by atoms with Crippen molar-refractivity contribution < 1.29 is 23.1 Å². The van der Waals surface area contributed by atoms with E-state index in [1.165, 1.54) is 12.1 Å². The second-order valence-electron chi connectivity index (χ2n) is 5.05. The Hall–Kier alpha value is -2.13. The average molecular weight is 343 g/mol. The first-order valence-electron chi connectivity index (χ1n) is 7.02. The van der Waals surface area contributed by atoms with Gasteiger partial charge in [0.2, 0.25) is 10.0 Å². The van der Waals surface area contributed by atoms with Crippen LogP contribution in [-0.4, -0.2) is 44.4 Å². The van der Waals surface area contributed by atoms with E-state index in [9.17, 15) is 18.0 Å². The molecule has 8 nitrogen and oxygen atoms in total. The number of nitrogens with one attached hydrogen (secondary N) is 3. The van der Waals surface area contributed by atoms with Crippen molar-refractivity contribution in [3.63, 3.8) is 0 Å². The summed E-state index contributed by atoms with van der Waals surface area (Å²) < 4.78 is 24.4. The quantitative estimate of drug-likeness (QED) is 0.547. The molecule has 23 heavy (non-hydrogen) atoms. The Kier molecular flexibility index (Phi) is 6.98. The monoisotopic (exact) mass is 343 g/mol. The van der Waals surface area contributed by atoms with Crippen molar-refractivity contribution in [2.24, 2.45) is 0 Å². The molecule has 0 aliphatic heterocycles. The summed E-state index contributed by atoms with van der Waals surface area (Å²) >= 11 is 0. The molecule has 0 fully saturated rings. The first-order chi connectivity index (χ1) is 10.7. The van der Waals surface area contributed by atoms with Crippen LogP contribution in [0.15, 0.2) is 24.3 Å². The molecule has 0 heterocycles. The van der Waals surface area contributed by atoms with Crippen LogP contribution in [-0.2, 0) is 16.6 Å². The lowest BCUT2D eigenvalue weighted by molar-refractivity contribution is 0.0697. The smallest absolute Gasteiger partial charge is 0.335 e. The average Bonchev–Trinajstić information content (AvgIpc) is 2.48. The predicted octanol–water partition coefficient (Wildman–Crippen LogP) is 0.512. The van der Waals surface area contributed by atoms with E-state index in [-0.39, 0.29) is 24.7 Å². The number of aromatic carboxylic acids is 1.